The molecule has 2 amide bonds. The number of carbonyl (C=O) groups is 2. The normalized spacial score (nSPS) is 20.0. The zero-order valence-corrected chi connectivity index (χ0v) is 17.5. The first-order chi connectivity index (χ1) is 13.1. The second kappa shape index (κ2) is 7.57. The lowest BCUT2D eigenvalue weighted by Crippen LogP contribution is -2.51. The van der Waals surface area contributed by atoms with Gasteiger partial charge in [0.2, 0.25) is 0 Å². The van der Waals surface area contributed by atoms with Crippen LogP contribution in [0.1, 0.15) is 70.9 Å². The maximum atomic E-state index is 12.8. The largest absolute Gasteiger partial charge is 0.444 e. The number of benzene rings is 1. The molecule has 2 aliphatic rings. The lowest BCUT2D eigenvalue weighted by molar-refractivity contribution is -0.125. The van der Waals surface area contributed by atoms with Crippen LogP contribution in [0.3, 0.4) is 0 Å². The number of amidine groups is 1. The fourth-order valence-electron chi connectivity index (χ4n) is 3.73. The zero-order chi connectivity index (χ0) is 20.5. The SMILES string of the molecule is CCC(C)c1ccccc1C1=NC2(CCN(C(=O)OC(C)(C)C)CC2)C(=O)N1. The Morgan fingerprint density at radius 1 is 1.29 bits per heavy atom. The molecule has 0 bridgehead atoms. The first kappa shape index (κ1) is 20.4. The van der Waals surface area contributed by atoms with Crippen molar-refractivity contribution in [3.8, 4) is 0 Å². The Morgan fingerprint density at radius 3 is 2.54 bits per heavy atom. The van der Waals surface area contributed by atoms with E-state index in [1.165, 1.54) is 5.56 Å². The van der Waals surface area contributed by atoms with Crippen molar-refractivity contribution in [3.63, 3.8) is 0 Å². The highest BCUT2D eigenvalue weighted by Gasteiger charge is 2.47. The number of ether oxygens (including phenoxy) is 1. The quantitative estimate of drug-likeness (QED) is 0.859. The minimum absolute atomic E-state index is 0.0645. The number of piperidine rings is 1. The standard InChI is InChI=1S/C22H31N3O3/c1-6-15(2)16-9-7-8-10-17(16)18-23-19(26)22(24-18)11-13-25(14-12-22)20(27)28-21(3,4)5/h7-10,15H,6,11-14H2,1-5H3,(H,23,24,26). The Hall–Kier alpha value is -2.37. The molecular weight excluding hydrogens is 354 g/mol. The van der Waals surface area contributed by atoms with E-state index in [9.17, 15) is 9.59 Å². The molecule has 2 aliphatic heterocycles. The summed E-state index contributed by atoms with van der Waals surface area (Å²) in [4.78, 5) is 31.7. The van der Waals surface area contributed by atoms with Crippen LogP contribution in [-0.2, 0) is 9.53 Å². The van der Waals surface area contributed by atoms with E-state index in [-0.39, 0.29) is 12.0 Å². The third kappa shape index (κ3) is 4.05. The summed E-state index contributed by atoms with van der Waals surface area (Å²) in [5.74, 6) is 0.985. The van der Waals surface area contributed by atoms with Crippen molar-refractivity contribution in [1.82, 2.24) is 10.2 Å². The first-order valence-corrected chi connectivity index (χ1v) is 10.1. The van der Waals surface area contributed by atoms with Gasteiger partial charge in [-0.3, -0.25) is 9.79 Å². The zero-order valence-electron chi connectivity index (χ0n) is 17.5. The van der Waals surface area contributed by atoms with Gasteiger partial charge in [-0.1, -0.05) is 38.1 Å². The maximum absolute atomic E-state index is 12.8. The smallest absolute Gasteiger partial charge is 0.410 e. The Balaban J connectivity index is 1.78. The summed E-state index contributed by atoms with van der Waals surface area (Å²) < 4.78 is 5.45. The molecule has 1 atom stereocenters. The van der Waals surface area contributed by atoms with Gasteiger partial charge < -0.3 is 15.0 Å². The van der Waals surface area contributed by atoms with E-state index in [2.05, 4.69) is 25.2 Å². The monoisotopic (exact) mass is 385 g/mol. The molecule has 0 aromatic heterocycles. The predicted octanol–water partition coefficient (Wildman–Crippen LogP) is 3.85. The molecule has 0 aliphatic carbocycles. The number of likely N-dealkylation sites (tertiary alicyclic amines) is 1. The Kier molecular flexibility index (Phi) is 5.50. The highest BCUT2D eigenvalue weighted by atomic mass is 16.6. The summed E-state index contributed by atoms with van der Waals surface area (Å²) in [6.07, 6.45) is 1.71. The third-order valence-electron chi connectivity index (χ3n) is 5.58. The van der Waals surface area contributed by atoms with Crippen molar-refractivity contribution in [2.75, 3.05) is 13.1 Å². The molecule has 0 radical (unpaired) electrons. The molecule has 6 nitrogen and oxygen atoms in total. The van der Waals surface area contributed by atoms with Gasteiger partial charge in [-0.25, -0.2) is 4.79 Å². The summed E-state index contributed by atoms with van der Waals surface area (Å²) in [5, 5.41) is 3.01. The van der Waals surface area contributed by atoms with Crippen molar-refractivity contribution < 1.29 is 14.3 Å². The molecule has 0 saturated carbocycles. The van der Waals surface area contributed by atoms with E-state index < -0.39 is 11.1 Å². The molecule has 3 rings (SSSR count). The Labute approximate surface area is 167 Å². The van der Waals surface area contributed by atoms with Crippen LogP contribution in [0.15, 0.2) is 29.3 Å². The van der Waals surface area contributed by atoms with Crippen LogP contribution in [-0.4, -0.2) is 47.0 Å². The summed E-state index contributed by atoms with van der Waals surface area (Å²) in [6.45, 7) is 10.8. The van der Waals surface area contributed by atoms with E-state index in [1.54, 1.807) is 4.90 Å². The van der Waals surface area contributed by atoms with E-state index >= 15 is 0 Å². The maximum Gasteiger partial charge on any atom is 0.410 e. The number of nitrogens with one attached hydrogen (secondary N) is 1. The highest BCUT2D eigenvalue weighted by Crippen LogP contribution is 2.33. The van der Waals surface area contributed by atoms with Crippen LogP contribution >= 0.6 is 0 Å². The second-order valence-corrected chi connectivity index (χ2v) is 8.81. The fraction of sp³-hybridized carbons (Fsp3) is 0.591. The van der Waals surface area contributed by atoms with Crippen LogP contribution in [0, 0.1) is 0 Å². The number of aliphatic imine (C=N–C) groups is 1. The molecule has 2 heterocycles. The molecule has 1 fully saturated rings. The van der Waals surface area contributed by atoms with Gasteiger partial charge in [-0.2, -0.15) is 0 Å². The van der Waals surface area contributed by atoms with Crippen molar-refractivity contribution in [3.05, 3.63) is 35.4 Å². The molecule has 152 valence electrons. The van der Waals surface area contributed by atoms with E-state index in [0.29, 0.717) is 37.7 Å². The summed E-state index contributed by atoms with van der Waals surface area (Å²) in [5.41, 5.74) is 0.891. The number of carbonyl (C=O) groups excluding carboxylic acids is 2. The van der Waals surface area contributed by atoms with Gasteiger partial charge in [0.15, 0.2) is 0 Å². The fourth-order valence-corrected chi connectivity index (χ4v) is 3.73. The molecule has 1 N–H and O–H groups in total. The third-order valence-corrected chi connectivity index (χ3v) is 5.58. The van der Waals surface area contributed by atoms with E-state index in [4.69, 9.17) is 9.73 Å². The minimum Gasteiger partial charge on any atom is -0.444 e. The summed E-state index contributed by atoms with van der Waals surface area (Å²) in [6, 6.07) is 8.13. The summed E-state index contributed by atoms with van der Waals surface area (Å²) >= 11 is 0. The lowest BCUT2D eigenvalue weighted by Gasteiger charge is -2.36. The van der Waals surface area contributed by atoms with Crippen LogP contribution in [0.4, 0.5) is 4.79 Å². The topological polar surface area (TPSA) is 71.0 Å². The van der Waals surface area contributed by atoms with E-state index in [0.717, 1.165) is 12.0 Å². The highest BCUT2D eigenvalue weighted by molar-refractivity contribution is 6.16. The van der Waals surface area contributed by atoms with Crippen LogP contribution in [0.2, 0.25) is 0 Å². The molecule has 1 unspecified atom stereocenters. The number of nitrogens with zero attached hydrogens (tertiary/aromatic N) is 2. The van der Waals surface area contributed by atoms with Crippen LogP contribution in [0.5, 0.6) is 0 Å². The van der Waals surface area contributed by atoms with E-state index in [1.807, 2.05) is 39.0 Å². The number of hydrogen-bond acceptors (Lipinski definition) is 4. The van der Waals surface area contributed by atoms with Crippen molar-refractivity contribution in [1.29, 1.82) is 0 Å². The summed E-state index contributed by atoms with van der Waals surface area (Å²) in [7, 11) is 0. The van der Waals surface area contributed by atoms with Gasteiger partial charge in [0, 0.05) is 18.7 Å². The average Bonchev–Trinajstić information content (AvgIpc) is 2.96. The first-order valence-electron chi connectivity index (χ1n) is 10.1. The van der Waals surface area contributed by atoms with Gasteiger partial charge in [0.1, 0.15) is 17.0 Å². The number of rotatable bonds is 3. The van der Waals surface area contributed by atoms with Gasteiger partial charge in [-0.15, -0.1) is 0 Å². The minimum atomic E-state index is -0.781. The van der Waals surface area contributed by atoms with Crippen molar-refractivity contribution in [2.45, 2.75) is 70.9 Å². The number of hydrogen-bond donors (Lipinski definition) is 1. The second-order valence-electron chi connectivity index (χ2n) is 8.81. The molecule has 1 spiro atoms. The van der Waals surface area contributed by atoms with Gasteiger partial charge in [0.25, 0.3) is 5.91 Å². The van der Waals surface area contributed by atoms with Crippen LogP contribution < -0.4 is 5.32 Å². The lowest BCUT2D eigenvalue weighted by atomic mass is 9.88. The molecule has 1 aromatic rings. The predicted molar refractivity (Wildman–Crippen MR) is 110 cm³/mol. The van der Waals surface area contributed by atoms with Gasteiger partial charge in [-0.05, 0) is 51.5 Å². The van der Waals surface area contributed by atoms with Gasteiger partial charge in [0.05, 0.1) is 0 Å². The van der Waals surface area contributed by atoms with Gasteiger partial charge >= 0.3 is 6.09 Å². The van der Waals surface area contributed by atoms with Crippen molar-refractivity contribution in [2.24, 2.45) is 4.99 Å². The number of amides is 2. The molecule has 28 heavy (non-hydrogen) atoms. The molecule has 1 aromatic carbocycles. The van der Waals surface area contributed by atoms with Crippen molar-refractivity contribution >= 4 is 17.8 Å². The molecular formula is C22H31N3O3. The Bertz CT molecular complexity index is 786. The molecule has 1 saturated heterocycles. The molecule has 6 heteroatoms. The Morgan fingerprint density at radius 2 is 1.93 bits per heavy atom. The van der Waals surface area contributed by atoms with Crippen LogP contribution in [0.25, 0.3) is 0 Å². The average molecular weight is 386 g/mol.